The van der Waals surface area contributed by atoms with Gasteiger partial charge in [0, 0.05) is 30.9 Å². The first-order valence-electron chi connectivity index (χ1n) is 9.26. The van der Waals surface area contributed by atoms with Crippen LogP contribution in [0.4, 0.5) is 5.69 Å². The molecule has 3 heteroatoms. The monoisotopic (exact) mass is 366 g/mol. The van der Waals surface area contributed by atoms with Crippen LogP contribution in [0, 0.1) is 0 Å². The lowest BCUT2D eigenvalue weighted by molar-refractivity contribution is 0.589. The van der Waals surface area contributed by atoms with Gasteiger partial charge in [-0.25, -0.2) is 4.98 Å². The van der Waals surface area contributed by atoms with E-state index in [4.69, 9.17) is 4.42 Å². The number of oxazole rings is 1. The normalized spacial score (nSPS) is 11.1. The predicted octanol–water partition coefficient (Wildman–Crippen LogP) is 6.25. The van der Waals surface area contributed by atoms with Gasteiger partial charge in [0.25, 0.3) is 0 Å². The third kappa shape index (κ3) is 4.04. The molecular weight excluding hydrogens is 344 g/mol. The van der Waals surface area contributed by atoms with Gasteiger partial charge in [-0.3, -0.25) is 0 Å². The van der Waals surface area contributed by atoms with E-state index in [1.165, 1.54) is 11.3 Å². The second-order valence-electron chi connectivity index (χ2n) is 6.84. The standard InChI is InChI=1S/C25H22N2O/c1-27(2)23-15-13-19(14-16-23)11-12-20-7-6-10-22(17-20)25-26-18-24(28-25)21-8-4-3-5-9-21/h3-18H,1-2H3/b12-11+. The summed E-state index contributed by atoms with van der Waals surface area (Å²) in [6.45, 7) is 0. The van der Waals surface area contributed by atoms with Gasteiger partial charge in [-0.05, 0) is 35.4 Å². The van der Waals surface area contributed by atoms with Gasteiger partial charge in [0.05, 0.1) is 6.20 Å². The van der Waals surface area contributed by atoms with Gasteiger partial charge in [-0.2, -0.15) is 0 Å². The molecule has 0 radical (unpaired) electrons. The summed E-state index contributed by atoms with van der Waals surface area (Å²) < 4.78 is 5.97. The first-order chi connectivity index (χ1) is 13.7. The molecule has 1 heterocycles. The summed E-state index contributed by atoms with van der Waals surface area (Å²) in [5.41, 5.74) is 5.45. The lowest BCUT2D eigenvalue weighted by Crippen LogP contribution is -2.07. The Morgan fingerprint density at radius 3 is 2.21 bits per heavy atom. The Bertz CT molecular complexity index is 1080. The largest absolute Gasteiger partial charge is 0.436 e. The molecule has 0 unspecified atom stereocenters. The minimum absolute atomic E-state index is 0.629. The number of hydrogen-bond acceptors (Lipinski definition) is 3. The summed E-state index contributed by atoms with van der Waals surface area (Å²) >= 11 is 0. The van der Waals surface area contributed by atoms with E-state index in [0.717, 1.165) is 22.5 Å². The molecule has 1 aromatic heterocycles. The highest BCUT2D eigenvalue weighted by Gasteiger charge is 2.08. The summed E-state index contributed by atoms with van der Waals surface area (Å²) in [6, 6.07) is 26.7. The zero-order chi connectivity index (χ0) is 19.3. The molecular formula is C25H22N2O. The van der Waals surface area contributed by atoms with Crippen LogP contribution >= 0.6 is 0 Å². The van der Waals surface area contributed by atoms with Gasteiger partial charge in [-0.15, -0.1) is 0 Å². The lowest BCUT2D eigenvalue weighted by Gasteiger charge is -2.11. The zero-order valence-corrected chi connectivity index (χ0v) is 16.0. The van der Waals surface area contributed by atoms with E-state index in [1.54, 1.807) is 6.20 Å². The maximum absolute atomic E-state index is 5.97. The Kier molecular flexibility index (Phi) is 5.07. The Balaban J connectivity index is 1.54. The topological polar surface area (TPSA) is 29.3 Å². The molecule has 0 saturated carbocycles. The molecule has 0 fully saturated rings. The molecule has 0 saturated heterocycles. The Labute approximate surface area is 165 Å². The molecule has 3 nitrogen and oxygen atoms in total. The molecule has 0 N–H and O–H groups in total. The van der Waals surface area contributed by atoms with E-state index in [-0.39, 0.29) is 0 Å². The number of benzene rings is 3. The van der Waals surface area contributed by atoms with Gasteiger partial charge in [-0.1, -0.05) is 66.7 Å². The summed E-state index contributed by atoms with van der Waals surface area (Å²) in [5.74, 6) is 1.40. The van der Waals surface area contributed by atoms with Gasteiger partial charge in [0.1, 0.15) is 0 Å². The summed E-state index contributed by atoms with van der Waals surface area (Å²) in [6.07, 6.45) is 6.00. The Hall–Kier alpha value is -3.59. The zero-order valence-electron chi connectivity index (χ0n) is 16.0. The molecule has 4 aromatic rings. The summed E-state index contributed by atoms with van der Waals surface area (Å²) in [5, 5.41) is 0. The van der Waals surface area contributed by atoms with Crippen LogP contribution in [0.3, 0.4) is 0 Å². The molecule has 0 aliphatic carbocycles. The third-order valence-electron chi connectivity index (χ3n) is 4.58. The molecule has 0 amide bonds. The number of rotatable bonds is 5. The van der Waals surface area contributed by atoms with Crippen LogP contribution in [0.15, 0.2) is 89.5 Å². The van der Waals surface area contributed by atoms with Gasteiger partial charge in [0.15, 0.2) is 5.76 Å². The Morgan fingerprint density at radius 1 is 0.750 bits per heavy atom. The average Bonchev–Trinajstić information content (AvgIpc) is 3.24. The fourth-order valence-electron chi connectivity index (χ4n) is 2.99. The van der Waals surface area contributed by atoms with Crippen molar-refractivity contribution in [1.29, 1.82) is 0 Å². The quantitative estimate of drug-likeness (QED) is 0.391. The van der Waals surface area contributed by atoms with E-state index in [2.05, 4.69) is 58.4 Å². The van der Waals surface area contributed by atoms with Crippen molar-refractivity contribution in [3.8, 4) is 22.8 Å². The smallest absolute Gasteiger partial charge is 0.226 e. The highest BCUT2D eigenvalue weighted by atomic mass is 16.4. The SMILES string of the molecule is CN(C)c1ccc(/C=C/c2cccc(-c3ncc(-c4ccccc4)o3)c2)cc1. The predicted molar refractivity (Wildman–Crippen MR) is 117 cm³/mol. The highest BCUT2D eigenvalue weighted by molar-refractivity contribution is 5.73. The van der Waals surface area contributed by atoms with Crippen molar-refractivity contribution < 1.29 is 4.42 Å². The van der Waals surface area contributed by atoms with Crippen LogP contribution < -0.4 is 4.90 Å². The van der Waals surface area contributed by atoms with Crippen molar-refractivity contribution in [1.82, 2.24) is 4.98 Å². The molecule has 28 heavy (non-hydrogen) atoms. The molecule has 138 valence electrons. The minimum Gasteiger partial charge on any atom is -0.436 e. The molecule has 0 aliphatic rings. The van der Waals surface area contributed by atoms with Gasteiger partial charge >= 0.3 is 0 Å². The van der Waals surface area contributed by atoms with Crippen LogP contribution in [-0.4, -0.2) is 19.1 Å². The van der Waals surface area contributed by atoms with Crippen molar-refractivity contribution in [3.05, 3.63) is 96.2 Å². The lowest BCUT2D eigenvalue weighted by atomic mass is 10.1. The fourth-order valence-corrected chi connectivity index (χ4v) is 2.99. The van der Waals surface area contributed by atoms with Crippen LogP contribution in [0.25, 0.3) is 34.9 Å². The van der Waals surface area contributed by atoms with Crippen LogP contribution in [0.2, 0.25) is 0 Å². The minimum atomic E-state index is 0.629. The molecule has 0 bridgehead atoms. The number of hydrogen-bond donors (Lipinski definition) is 0. The van der Waals surface area contributed by atoms with Gasteiger partial charge in [0.2, 0.25) is 5.89 Å². The van der Waals surface area contributed by atoms with Crippen molar-refractivity contribution in [3.63, 3.8) is 0 Å². The third-order valence-corrected chi connectivity index (χ3v) is 4.58. The maximum atomic E-state index is 5.97. The van der Waals surface area contributed by atoms with Crippen LogP contribution in [0.1, 0.15) is 11.1 Å². The average molecular weight is 366 g/mol. The summed E-state index contributed by atoms with van der Waals surface area (Å²) in [7, 11) is 4.09. The number of aromatic nitrogens is 1. The molecule has 0 aliphatic heterocycles. The Morgan fingerprint density at radius 2 is 1.46 bits per heavy atom. The van der Waals surface area contributed by atoms with Crippen LogP contribution in [-0.2, 0) is 0 Å². The van der Waals surface area contributed by atoms with Crippen molar-refractivity contribution in [2.24, 2.45) is 0 Å². The summed E-state index contributed by atoms with van der Waals surface area (Å²) in [4.78, 5) is 6.55. The van der Waals surface area contributed by atoms with E-state index in [9.17, 15) is 0 Å². The number of nitrogens with zero attached hydrogens (tertiary/aromatic N) is 2. The number of anilines is 1. The second-order valence-corrected chi connectivity index (χ2v) is 6.84. The van der Waals surface area contributed by atoms with E-state index in [1.807, 2.05) is 56.6 Å². The fraction of sp³-hybridized carbons (Fsp3) is 0.0800. The second kappa shape index (κ2) is 7.97. The molecule has 0 spiro atoms. The van der Waals surface area contributed by atoms with Crippen molar-refractivity contribution in [2.75, 3.05) is 19.0 Å². The first-order valence-corrected chi connectivity index (χ1v) is 9.26. The molecule has 3 aromatic carbocycles. The molecule has 4 rings (SSSR count). The van der Waals surface area contributed by atoms with E-state index < -0.39 is 0 Å². The van der Waals surface area contributed by atoms with Crippen LogP contribution in [0.5, 0.6) is 0 Å². The molecule has 0 atom stereocenters. The van der Waals surface area contributed by atoms with E-state index >= 15 is 0 Å². The van der Waals surface area contributed by atoms with E-state index in [0.29, 0.717) is 5.89 Å². The first kappa shape index (κ1) is 17.8. The van der Waals surface area contributed by atoms with Gasteiger partial charge < -0.3 is 9.32 Å². The van der Waals surface area contributed by atoms with Crippen molar-refractivity contribution >= 4 is 17.8 Å². The van der Waals surface area contributed by atoms with Crippen molar-refractivity contribution in [2.45, 2.75) is 0 Å². The highest BCUT2D eigenvalue weighted by Crippen LogP contribution is 2.26. The maximum Gasteiger partial charge on any atom is 0.226 e.